The van der Waals surface area contributed by atoms with Gasteiger partial charge in [-0.25, -0.2) is 15.0 Å². The van der Waals surface area contributed by atoms with E-state index in [4.69, 9.17) is 15.0 Å². The van der Waals surface area contributed by atoms with Crippen LogP contribution in [0.1, 0.15) is 109 Å². The second kappa shape index (κ2) is 16.7. The van der Waals surface area contributed by atoms with Crippen molar-refractivity contribution < 1.29 is 0 Å². The molecule has 8 aromatic rings. The molecule has 4 unspecified atom stereocenters. The van der Waals surface area contributed by atoms with E-state index < -0.39 is 0 Å². The van der Waals surface area contributed by atoms with Gasteiger partial charge in [0.2, 0.25) is 0 Å². The number of hydrogen-bond acceptors (Lipinski definition) is 5. The van der Waals surface area contributed by atoms with Crippen LogP contribution in [0.25, 0.3) is 76.6 Å². The van der Waals surface area contributed by atoms with Gasteiger partial charge in [-0.05, 0) is 180 Å². The summed E-state index contributed by atoms with van der Waals surface area (Å²) < 4.78 is 2.34. The van der Waals surface area contributed by atoms with Crippen LogP contribution in [0.2, 0.25) is 0 Å². The smallest absolute Gasteiger partial charge is 0.164 e. The molecule has 4 bridgehead atoms. The minimum absolute atomic E-state index is 0.261. The van der Waals surface area contributed by atoms with Gasteiger partial charge in [0, 0.05) is 36.9 Å². The molecule has 4 nitrogen and oxygen atoms in total. The normalized spacial score (nSPS) is 26.9. The van der Waals surface area contributed by atoms with Crippen LogP contribution in [0.15, 0.2) is 133 Å². The maximum atomic E-state index is 9.65. The van der Waals surface area contributed by atoms with E-state index in [-0.39, 0.29) is 10.8 Å². The molecule has 6 aromatic carbocycles. The fourth-order valence-corrected chi connectivity index (χ4v) is 15.8. The predicted octanol–water partition coefficient (Wildman–Crippen LogP) is 16.7. The molecular formula is C62H60N4S. The average Bonchev–Trinajstić information content (AvgIpc) is 3.70. The van der Waals surface area contributed by atoms with Crippen molar-refractivity contribution in [1.29, 1.82) is 5.26 Å². The minimum atomic E-state index is 0.261. The minimum Gasteiger partial charge on any atom is -0.208 e. The SMILES string of the molecule is C[C@@H]1CC2C[C@H](C)CC(c3ccc(-c4cc(-c5ccc6c(c5)sc5cc(C#N)ccc56)cc(-c5nc(-c6ccccc6)nc(-c6ccc(C78CC(C[C@@H](C)C7)C[C@H](C)C8)cc6)n5)c4)cc3)(C2)C1. The largest absolute Gasteiger partial charge is 0.208 e. The first-order valence-corrected chi connectivity index (χ1v) is 25.9. The number of nitrogens with zero attached hydrogens (tertiary/aromatic N) is 4. The summed E-state index contributed by atoms with van der Waals surface area (Å²) in [6.45, 7) is 9.89. The van der Waals surface area contributed by atoms with E-state index >= 15 is 0 Å². The summed E-state index contributed by atoms with van der Waals surface area (Å²) in [5, 5.41) is 12.1. The molecule has 0 N–H and O–H groups in total. The predicted molar refractivity (Wildman–Crippen MR) is 278 cm³/mol. The molecule has 0 saturated heterocycles. The van der Waals surface area contributed by atoms with Crippen molar-refractivity contribution in [3.05, 3.63) is 150 Å². The summed E-state index contributed by atoms with van der Waals surface area (Å²) in [6.07, 6.45) is 13.3. The number of hydrogen-bond donors (Lipinski definition) is 0. The topological polar surface area (TPSA) is 62.5 Å². The van der Waals surface area contributed by atoms with Crippen LogP contribution in [0.5, 0.6) is 0 Å². The molecule has 0 amide bonds. The summed E-state index contributed by atoms with van der Waals surface area (Å²) in [7, 11) is 0. The number of rotatable bonds is 7. The first-order valence-electron chi connectivity index (χ1n) is 25.1. The quantitative estimate of drug-likeness (QED) is 0.160. The number of benzene rings is 6. The number of nitriles is 1. The fourth-order valence-electron chi connectivity index (χ4n) is 14.6. The summed E-state index contributed by atoms with van der Waals surface area (Å²) >= 11 is 1.75. The molecule has 5 heteroatoms. The average molecular weight is 893 g/mol. The Hall–Kier alpha value is -5.96. The second-order valence-electron chi connectivity index (χ2n) is 22.1. The summed E-state index contributed by atoms with van der Waals surface area (Å²) in [6, 6.07) is 51.4. The molecule has 0 spiro atoms. The van der Waals surface area contributed by atoms with Crippen LogP contribution in [-0.2, 0) is 10.8 Å². The lowest BCUT2D eigenvalue weighted by Gasteiger charge is -2.50. The van der Waals surface area contributed by atoms with Crippen molar-refractivity contribution in [2.24, 2.45) is 35.5 Å². The molecule has 2 aromatic heterocycles. The second-order valence-corrected chi connectivity index (χ2v) is 23.2. The zero-order chi connectivity index (χ0) is 45.4. The molecule has 334 valence electrons. The lowest BCUT2D eigenvalue weighted by atomic mass is 9.54. The van der Waals surface area contributed by atoms with Gasteiger partial charge < -0.3 is 0 Å². The Morgan fingerprint density at radius 1 is 0.433 bits per heavy atom. The lowest BCUT2D eigenvalue weighted by Crippen LogP contribution is -2.42. The van der Waals surface area contributed by atoms with Gasteiger partial charge >= 0.3 is 0 Å². The van der Waals surface area contributed by atoms with Crippen molar-refractivity contribution in [2.45, 2.75) is 103 Å². The summed E-state index contributed by atoms with van der Waals surface area (Å²) in [5.74, 6) is 6.77. The Labute approximate surface area is 400 Å². The number of fused-ring (bicyclic) bond motifs is 7. The molecule has 0 aliphatic heterocycles. The Morgan fingerprint density at radius 2 is 0.866 bits per heavy atom. The van der Waals surface area contributed by atoms with E-state index in [0.717, 1.165) is 73.6 Å². The zero-order valence-electron chi connectivity index (χ0n) is 39.4. The van der Waals surface area contributed by atoms with Crippen molar-refractivity contribution in [1.82, 2.24) is 15.0 Å². The van der Waals surface area contributed by atoms with Crippen molar-refractivity contribution >= 4 is 31.5 Å². The standard InChI is InChI=1S/C62H60N4S/c1-38-22-43-23-39(2)32-61(31-38,35-43)52-16-11-45(12-17-52)49-27-50(48-15-21-55-54-20-10-42(37-63)26-56(54)67-57(55)30-48)29-51(28-49)60-65-58(46-8-6-5-7-9-46)64-59(66-60)47-13-18-53(19-14-47)62-33-40(3)24-44(36-62)25-41(4)34-62/h5-21,26-30,38-41,43-44H,22-25,31-36H2,1-4H3/t38-,39+,40-,41+,43?,44?,61?,62?. The molecule has 4 fully saturated rings. The van der Waals surface area contributed by atoms with Crippen LogP contribution >= 0.6 is 11.3 Å². The highest BCUT2D eigenvalue weighted by Gasteiger charge is 2.46. The van der Waals surface area contributed by atoms with Gasteiger partial charge in [-0.3, -0.25) is 0 Å². The Balaban J connectivity index is 0.983. The zero-order valence-corrected chi connectivity index (χ0v) is 40.3. The van der Waals surface area contributed by atoms with E-state index in [2.05, 4.69) is 149 Å². The van der Waals surface area contributed by atoms with Gasteiger partial charge in [0.15, 0.2) is 17.5 Å². The fraction of sp³-hybridized carbons (Fsp3) is 0.355. The molecule has 8 atom stereocenters. The van der Waals surface area contributed by atoms with Crippen LogP contribution in [0, 0.1) is 46.8 Å². The highest BCUT2D eigenvalue weighted by molar-refractivity contribution is 7.25. The van der Waals surface area contributed by atoms with Crippen LogP contribution in [0.4, 0.5) is 0 Å². The van der Waals surface area contributed by atoms with Gasteiger partial charge in [0.05, 0.1) is 11.6 Å². The van der Waals surface area contributed by atoms with Gasteiger partial charge in [0.1, 0.15) is 0 Å². The first-order chi connectivity index (χ1) is 32.6. The van der Waals surface area contributed by atoms with Crippen LogP contribution in [-0.4, -0.2) is 15.0 Å². The highest BCUT2D eigenvalue weighted by Crippen LogP contribution is 2.56. The van der Waals surface area contributed by atoms with Gasteiger partial charge in [-0.2, -0.15) is 5.26 Å². The highest BCUT2D eigenvalue weighted by atomic mass is 32.1. The molecule has 4 aliphatic carbocycles. The molecule has 4 saturated carbocycles. The van der Waals surface area contributed by atoms with Crippen LogP contribution in [0.3, 0.4) is 0 Å². The van der Waals surface area contributed by atoms with Crippen molar-refractivity contribution in [2.75, 3.05) is 0 Å². The Bertz CT molecular complexity index is 3160. The maximum Gasteiger partial charge on any atom is 0.164 e. The number of thiophene rings is 1. The van der Waals surface area contributed by atoms with E-state index in [1.165, 1.54) is 96.4 Å². The lowest BCUT2D eigenvalue weighted by molar-refractivity contribution is 0.0779. The third-order valence-corrected chi connectivity index (χ3v) is 17.8. The Morgan fingerprint density at radius 3 is 1.40 bits per heavy atom. The van der Waals surface area contributed by atoms with Crippen molar-refractivity contribution in [3.8, 4) is 62.5 Å². The summed E-state index contributed by atoms with van der Waals surface area (Å²) in [4.78, 5) is 15.9. The monoisotopic (exact) mass is 892 g/mol. The van der Waals surface area contributed by atoms with E-state index in [9.17, 15) is 5.26 Å². The molecule has 0 radical (unpaired) electrons. The maximum absolute atomic E-state index is 9.65. The van der Waals surface area contributed by atoms with Gasteiger partial charge in [-0.1, -0.05) is 125 Å². The van der Waals surface area contributed by atoms with E-state index in [1.54, 1.807) is 11.3 Å². The first kappa shape index (κ1) is 42.4. The molecule has 12 rings (SSSR count). The van der Waals surface area contributed by atoms with Gasteiger partial charge in [-0.15, -0.1) is 11.3 Å². The van der Waals surface area contributed by atoms with Gasteiger partial charge in [0.25, 0.3) is 0 Å². The molecule has 4 aliphatic rings. The molecular weight excluding hydrogens is 833 g/mol. The number of aromatic nitrogens is 3. The van der Waals surface area contributed by atoms with Crippen LogP contribution < -0.4 is 0 Å². The molecule has 67 heavy (non-hydrogen) atoms. The van der Waals surface area contributed by atoms with E-state index in [0.29, 0.717) is 23.0 Å². The third-order valence-electron chi connectivity index (χ3n) is 16.6. The van der Waals surface area contributed by atoms with E-state index in [1.807, 2.05) is 18.2 Å². The van der Waals surface area contributed by atoms with Crippen molar-refractivity contribution in [3.63, 3.8) is 0 Å². The summed E-state index contributed by atoms with van der Waals surface area (Å²) in [5.41, 5.74) is 11.8. The Kier molecular flexibility index (Phi) is 10.6. The molecule has 2 heterocycles. The third kappa shape index (κ3) is 7.90.